The summed E-state index contributed by atoms with van der Waals surface area (Å²) < 4.78 is 8.21. The molecule has 2 aliphatic rings. The molecule has 2 fully saturated rings. The van der Waals surface area contributed by atoms with Gasteiger partial charge in [-0.15, -0.1) is 0 Å². The van der Waals surface area contributed by atoms with E-state index in [9.17, 15) is 0 Å². The second-order valence-corrected chi connectivity index (χ2v) is 6.56. The first-order valence-corrected chi connectivity index (χ1v) is 8.11. The SMILES string of the molecule is CC1(c2cncn2CCC2CCCCO2)CCNCC1. The molecule has 1 aromatic rings. The van der Waals surface area contributed by atoms with Gasteiger partial charge in [0.15, 0.2) is 0 Å². The van der Waals surface area contributed by atoms with Gasteiger partial charge >= 0.3 is 0 Å². The third-order valence-electron chi connectivity index (χ3n) is 5.00. The minimum atomic E-state index is 0.287. The summed E-state index contributed by atoms with van der Waals surface area (Å²) in [6.07, 6.45) is 11.9. The van der Waals surface area contributed by atoms with Crippen molar-refractivity contribution in [2.45, 2.75) is 63.5 Å². The average Bonchev–Trinajstić information content (AvgIpc) is 2.96. The van der Waals surface area contributed by atoms with Crippen LogP contribution in [0.4, 0.5) is 0 Å². The summed E-state index contributed by atoms with van der Waals surface area (Å²) in [6, 6.07) is 0. The minimum Gasteiger partial charge on any atom is -0.378 e. The van der Waals surface area contributed by atoms with Gasteiger partial charge in [-0.2, -0.15) is 0 Å². The van der Waals surface area contributed by atoms with E-state index >= 15 is 0 Å². The molecular formula is C16H27N3O. The Bertz CT molecular complexity index is 417. The molecule has 0 bridgehead atoms. The van der Waals surface area contributed by atoms with Gasteiger partial charge in [-0.1, -0.05) is 6.92 Å². The fourth-order valence-corrected chi connectivity index (χ4v) is 3.55. The van der Waals surface area contributed by atoms with Crippen LogP contribution in [0, 0.1) is 0 Å². The third kappa shape index (κ3) is 3.07. The zero-order chi connectivity index (χ0) is 13.8. The van der Waals surface area contributed by atoms with Crippen LogP contribution < -0.4 is 5.32 Å². The predicted octanol–water partition coefficient (Wildman–Crippen LogP) is 2.48. The maximum absolute atomic E-state index is 5.84. The van der Waals surface area contributed by atoms with Gasteiger partial charge in [0.2, 0.25) is 0 Å². The fraction of sp³-hybridized carbons (Fsp3) is 0.812. The van der Waals surface area contributed by atoms with Crippen LogP contribution in [0.2, 0.25) is 0 Å². The van der Waals surface area contributed by atoms with E-state index in [1.807, 2.05) is 6.33 Å². The van der Waals surface area contributed by atoms with E-state index in [0.717, 1.165) is 32.7 Å². The number of hydrogen-bond acceptors (Lipinski definition) is 3. The number of hydrogen-bond donors (Lipinski definition) is 1. The van der Waals surface area contributed by atoms with Gasteiger partial charge in [0.1, 0.15) is 0 Å². The number of piperidine rings is 1. The molecule has 0 spiro atoms. The van der Waals surface area contributed by atoms with Gasteiger partial charge < -0.3 is 14.6 Å². The Balaban J connectivity index is 1.63. The van der Waals surface area contributed by atoms with Crippen LogP contribution in [0.25, 0.3) is 0 Å². The van der Waals surface area contributed by atoms with Crippen LogP contribution >= 0.6 is 0 Å². The van der Waals surface area contributed by atoms with Crippen molar-refractivity contribution in [2.24, 2.45) is 0 Å². The first kappa shape index (κ1) is 14.1. The third-order valence-corrected chi connectivity index (χ3v) is 5.00. The molecule has 112 valence electrons. The Morgan fingerprint density at radius 2 is 2.25 bits per heavy atom. The predicted molar refractivity (Wildman–Crippen MR) is 79.9 cm³/mol. The van der Waals surface area contributed by atoms with Crippen LogP contribution in [-0.2, 0) is 16.7 Å². The molecule has 0 aliphatic carbocycles. The van der Waals surface area contributed by atoms with E-state index in [1.54, 1.807) is 0 Å². The molecule has 2 saturated heterocycles. The summed E-state index contributed by atoms with van der Waals surface area (Å²) in [7, 11) is 0. The number of aryl methyl sites for hydroxylation is 1. The highest BCUT2D eigenvalue weighted by molar-refractivity contribution is 5.15. The van der Waals surface area contributed by atoms with Crippen molar-refractivity contribution in [3.8, 4) is 0 Å². The molecule has 0 saturated carbocycles. The summed E-state index contributed by atoms with van der Waals surface area (Å²) in [5.74, 6) is 0. The molecular weight excluding hydrogens is 250 g/mol. The lowest BCUT2D eigenvalue weighted by Gasteiger charge is -2.35. The smallest absolute Gasteiger partial charge is 0.0948 e. The molecule has 20 heavy (non-hydrogen) atoms. The summed E-state index contributed by atoms with van der Waals surface area (Å²) >= 11 is 0. The van der Waals surface area contributed by atoms with E-state index in [-0.39, 0.29) is 5.41 Å². The Morgan fingerprint density at radius 1 is 1.40 bits per heavy atom. The van der Waals surface area contributed by atoms with E-state index in [2.05, 4.69) is 28.0 Å². The second kappa shape index (κ2) is 6.27. The summed E-state index contributed by atoms with van der Waals surface area (Å²) in [5, 5.41) is 3.46. The summed E-state index contributed by atoms with van der Waals surface area (Å²) in [6.45, 7) is 6.62. The number of aromatic nitrogens is 2. The zero-order valence-electron chi connectivity index (χ0n) is 12.6. The quantitative estimate of drug-likeness (QED) is 0.919. The molecule has 0 aromatic carbocycles. The van der Waals surface area contributed by atoms with E-state index in [0.29, 0.717) is 6.10 Å². The van der Waals surface area contributed by atoms with Gasteiger partial charge in [0.05, 0.1) is 12.4 Å². The summed E-state index contributed by atoms with van der Waals surface area (Å²) in [5.41, 5.74) is 1.70. The molecule has 1 aromatic heterocycles. The molecule has 1 N–H and O–H groups in total. The van der Waals surface area contributed by atoms with Crippen LogP contribution in [0.5, 0.6) is 0 Å². The molecule has 3 heterocycles. The van der Waals surface area contributed by atoms with Crippen molar-refractivity contribution in [3.05, 3.63) is 18.2 Å². The maximum atomic E-state index is 5.84. The largest absolute Gasteiger partial charge is 0.378 e. The monoisotopic (exact) mass is 277 g/mol. The zero-order valence-corrected chi connectivity index (χ0v) is 12.6. The van der Waals surface area contributed by atoms with E-state index in [1.165, 1.54) is 37.8 Å². The Morgan fingerprint density at radius 3 is 3.00 bits per heavy atom. The standard InChI is InChI=1S/C16H27N3O/c1-16(6-8-17-9-7-16)15-12-18-13-19(15)10-5-14-4-2-3-11-20-14/h12-14,17H,2-11H2,1H3. The molecule has 2 aliphatic heterocycles. The number of rotatable bonds is 4. The molecule has 3 rings (SSSR count). The van der Waals surface area contributed by atoms with E-state index in [4.69, 9.17) is 4.74 Å². The van der Waals surface area contributed by atoms with Crippen LogP contribution in [-0.4, -0.2) is 35.4 Å². The minimum absolute atomic E-state index is 0.287. The lowest BCUT2D eigenvalue weighted by Crippen LogP contribution is -2.39. The molecule has 0 radical (unpaired) electrons. The molecule has 1 atom stereocenters. The van der Waals surface area contributed by atoms with Crippen molar-refractivity contribution in [3.63, 3.8) is 0 Å². The fourth-order valence-electron chi connectivity index (χ4n) is 3.55. The van der Waals surface area contributed by atoms with Crippen LogP contribution in [0.15, 0.2) is 12.5 Å². The number of ether oxygens (including phenoxy) is 1. The molecule has 0 amide bonds. The van der Waals surface area contributed by atoms with Gasteiger partial charge in [-0.3, -0.25) is 0 Å². The second-order valence-electron chi connectivity index (χ2n) is 6.56. The average molecular weight is 277 g/mol. The lowest BCUT2D eigenvalue weighted by atomic mass is 9.78. The Kier molecular flexibility index (Phi) is 4.41. The molecule has 4 nitrogen and oxygen atoms in total. The molecule has 1 unspecified atom stereocenters. The van der Waals surface area contributed by atoms with Gasteiger partial charge in [0.25, 0.3) is 0 Å². The van der Waals surface area contributed by atoms with Crippen LogP contribution in [0.3, 0.4) is 0 Å². The van der Waals surface area contributed by atoms with Crippen molar-refractivity contribution in [1.82, 2.24) is 14.9 Å². The summed E-state index contributed by atoms with van der Waals surface area (Å²) in [4.78, 5) is 4.41. The van der Waals surface area contributed by atoms with Crippen molar-refractivity contribution >= 4 is 0 Å². The van der Waals surface area contributed by atoms with E-state index < -0.39 is 0 Å². The maximum Gasteiger partial charge on any atom is 0.0948 e. The van der Waals surface area contributed by atoms with Gasteiger partial charge in [-0.05, 0) is 51.6 Å². The normalized spacial score (nSPS) is 26.6. The number of nitrogens with one attached hydrogen (secondary N) is 1. The number of imidazole rings is 1. The van der Waals surface area contributed by atoms with Gasteiger partial charge in [0, 0.05) is 30.5 Å². The van der Waals surface area contributed by atoms with Gasteiger partial charge in [-0.25, -0.2) is 4.98 Å². The van der Waals surface area contributed by atoms with Crippen molar-refractivity contribution in [2.75, 3.05) is 19.7 Å². The topological polar surface area (TPSA) is 39.1 Å². The number of nitrogens with zero attached hydrogens (tertiary/aromatic N) is 2. The first-order chi connectivity index (χ1) is 9.78. The Hall–Kier alpha value is -0.870. The van der Waals surface area contributed by atoms with Crippen molar-refractivity contribution in [1.29, 1.82) is 0 Å². The Labute approximate surface area is 121 Å². The lowest BCUT2D eigenvalue weighted by molar-refractivity contribution is 0.00854. The first-order valence-electron chi connectivity index (χ1n) is 8.11. The highest BCUT2D eigenvalue weighted by atomic mass is 16.5. The highest BCUT2D eigenvalue weighted by Gasteiger charge is 2.31. The van der Waals surface area contributed by atoms with Crippen LogP contribution in [0.1, 0.15) is 51.1 Å². The highest BCUT2D eigenvalue weighted by Crippen LogP contribution is 2.32. The van der Waals surface area contributed by atoms with Crippen molar-refractivity contribution < 1.29 is 4.74 Å². The molecule has 4 heteroatoms.